The van der Waals surface area contributed by atoms with Crippen LogP contribution in [0.15, 0.2) is 29.4 Å². The van der Waals surface area contributed by atoms with E-state index in [-0.39, 0.29) is 5.91 Å². The van der Waals surface area contributed by atoms with E-state index in [1.165, 1.54) is 6.92 Å². The number of nitrogens with one attached hydrogen (secondary N) is 1. The Morgan fingerprint density at radius 2 is 2.31 bits per heavy atom. The van der Waals surface area contributed by atoms with Crippen LogP contribution in [-0.4, -0.2) is 10.9 Å². The molecule has 0 radical (unpaired) electrons. The minimum Gasteiger partial charge on any atom is -0.325 e. The van der Waals surface area contributed by atoms with Crippen LogP contribution in [0.25, 0.3) is 5.70 Å². The second-order valence-corrected chi connectivity index (χ2v) is 3.44. The number of halogens is 1. The lowest BCUT2D eigenvalue weighted by Gasteiger charge is -2.04. The molecule has 0 aliphatic rings. The number of hydrogen-bond acceptors (Lipinski definition) is 2. The molecule has 0 aromatic carbocycles. The van der Waals surface area contributed by atoms with Gasteiger partial charge in [0, 0.05) is 17.6 Å². The molecule has 1 aromatic rings. The lowest BCUT2D eigenvalue weighted by atomic mass is 10.3. The van der Waals surface area contributed by atoms with Gasteiger partial charge in [-0.2, -0.15) is 0 Å². The molecule has 0 saturated carbocycles. The summed E-state index contributed by atoms with van der Waals surface area (Å²) in [5.41, 5.74) is 1.18. The summed E-state index contributed by atoms with van der Waals surface area (Å²) in [4.78, 5) is 14.8. The Morgan fingerprint density at radius 1 is 1.62 bits per heavy atom. The van der Waals surface area contributed by atoms with E-state index in [1.807, 2.05) is 6.07 Å². The molecule has 0 fully saturated rings. The maximum absolute atomic E-state index is 10.7. The molecule has 0 aliphatic carbocycles. The molecule has 0 saturated heterocycles. The third-order valence-electron chi connectivity index (χ3n) is 1.36. The van der Waals surface area contributed by atoms with Crippen LogP contribution in [-0.2, 0) is 4.79 Å². The Kier molecular flexibility index (Phi) is 3.19. The first kappa shape index (κ1) is 9.92. The van der Waals surface area contributed by atoms with Gasteiger partial charge >= 0.3 is 0 Å². The molecule has 0 spiro atoms. The normalized spacial score (nSPS) is 9.38. The summed E-state index contributed by atoms with van der Waals surface area (Å²) in [6, 6.07) is 3.62. The first-order valence-electron chi connectivity index (χ1n) is 3.68. The van der Waals surface area contributed by atoms with Crippen molar-refractivity contribution in [2.45, 2.75) is 6.92 Å². The highest BCUT2D eigenvalue weighted by molar-refractivity contribution is 9.10. The van der Waals surface area contributed by atoms with E-state index in [4.69, 9.17) is 0 Å². The Bertz CT molecular complexity index is 332. The molecule has 0 bridgehead atoms. The van der Waals surface area contributed by atoms with E-state index in [0.29, 0.717) is 11.4 Å². The minimum absolute atomic E-state index is 0.144. The monoisotopic (exact) mass is 240 g/mol. The molecular weight excluding hydrogens is 232 g/mol. The zero-order valence-electron chi connectivity index (χ0n) is 7.17. The van der Waals surface area contributed by atoms with Crippen molar-refractivity contribution in [3.63, 3.8) is 0 Å². The molecule has 0 unspecified atom stereocenters. The molecule has 0 atom stereocenters. The summed E-state index contributed by atoms with van der Waals surface area (Å²) in [6.07, 6.45) is 1.66. The number of carbonyl (C=O) groups is 1. The predicted octanol–water partition coefficient (Wildman–Crippen LogP) is 1.95. The Balaban J connectivity index is 2.78. The molecule has 1 N–H and O–H groups in total. The standard InChI is InChI=1S/C9H9BrN2O/c1-6(12-7(2)13)9-4-3-8(10)5-11-9/h3-5H,1H2,2H3,(H,12,13). The Hall–Kier alpha value is -1.16. The number of rotatable bonds is 2. The number of carbonyl (C=O) groups excluding carboxylic acids is 1. The van der Waals surface area contributed by atoms with Gasteiger partial charge in [0.2, 0.25) is 5.91 Å². The van der Waals surface area contributed by atoms with Crippen molar-refractivity contribution in [2.75, 3.05) is 0 Å². The van der Waals surface area contributed by atoms with Crippen LogP contribution in [0, 0.1) is 0 Å². The van der Waals surface area contributed by atoms with E-state index in [9.17, 15) is 4.79 Å². The fourth-order valence-corrected chi connectivity index (χ4v) is 1.07. The number of amides is 1. The summed E-state index contributed by atoms with van der Waals surface area (Å²) in [5.74, 6) is -0.144. The van der Waals surface area contributed by atoms with Gasteiger partial charge in [-0.3, -0.25) is 9.78 Å². The van der Waals surface area contributed by atoms with Gasteiger partial charge < -0.3 is 5.32 Å². The maximum Gasteiger partial charge on any atom is 0.221 e. The molecule has 3 nitrogen and oxygen atoms in total. The summed E-state index contributed by atoms with van der Waals surface area (Å²) in [5, 5.41) is 2.57. The first-order chi connectivity index (χ1) is 6.09. The second kappa shape index (κ2) is 4.18. The Morgan fingerprint density at radius 3 is 2.77 bits per heavy atom. The lowest BCUT2D eigenvalue weighted by molar-refractivity contribution is -0.117. The molecule has 68 valence electrons. The predicted molar refractivity (Wildman–Crippen MR) is 54.8 cm³/mol. The summed E-state index contributed by atoms with van der Waals surface area (Å²) < 4.78 is 0.895. The zero-order valence-corrected chi connectivity index (χ0v) is 8.76. The van der Waals surface area contributed by atoms with Crippen molar-refractivity contribution in [3.8, 4) is 0 Å². The van der Waals surface area contributed by atoms with Gasteiger partial charge in [-0.1, -0.05) is 6.58 Å². The summed E-state index contributed by atoms with van der Waals surface area (Å²) in [7, 11) is 0. The van der Waals surface area contributed by atoms with Crippen LogP contribution in [0.4, 0.5) is 0 Å². The fourth-order valence-electron chi connectivity index (χ4n) is 0.831. The fraction of sp³-hybridized carbons (Fsp3) is 0.111. The average Bonchev–Trinajstić information content (AvgIpc) is 2.04. The molecule has 0 aliphatic heterocycles. The van der Waals surface area contributed by atoms with Crippen molar-refractivity contribution < 1.29 is 4.79 Å². The first-order valence-corrected chi connectivity index (χ1v) is 4.47. The van der Waals surface area contributed by atoms with Gasteiger partial charge in [-0.25, -0.2) is 0 Å². The SMILES string of the molecule is C=C(NC(C)=O)c1ccc(Br)cn1. The van der Waals surface area contributed by atoms with Gasteiger partial charge in [-0.05, 0) is 28.1 Å². The van der Waals surface area contributed by atoms with Gasteiger partial charge in [0.1, 0.15) is 0 Å². The van der Waals surface area contributed by atoms with Crippen LogP contribution in [0.3, 0.4) is 0 Å². The molecule has 1 heterocycles. The highest BCUT2D eigenvalue weighted by Crippen LogP contribution is 2.11. The third kappa shape index (κ3) is 2.99. The highest BCUT2D eigenvalue weighted by Gasteiger charge is 2.00. The van der Waals surface area contributed by atoms with Gasteiger partial charge in [0.05, 0.1) is 11.4 Å². The zero-order chi connectivity index (χ0) is 9.84. The molecule has 1 amide bonds. The van der Waals surface area contributed by atoms with E-state index in [2.05, 4.69) is 32.8 Å². The molecule has 4 heteroatoms. The van der Waals surface area contributed by atoms with Crippen LogP contribution in [0.1, 0.15) is 12.6 Å². The average molecular weight is 241 g/mol. The molecule has 13 heavy (non-hydrogen) atoms. The highest BCUT2D eigenvalue weighted by atomic mass is 79.9. The van der Waals surface area contributed by atoms with E-state index in [0.717, 1.165) is 4.47 Å². The maximum atomic E-state index is 10.7. The van der Waals surface area contributed by atoms with Gasteiger partial charge in [0.15, 0.2) is 0 Å². The van der Waals surface area contributed by atoms with Crippen molar-refractivity contribution in [3.05, 3.63) is 35.1 Å². The van der Waals surface area contributed by atoms with Crippen LogP contribution >= 0.6 is 15.9 Å². The van der Waals surface area contributed by atoms with Crippen LogP contribution in [0.2, 0.25) is 0 Å². The van der Waals surface area contributed by atoms with Crippen LogP contribution < -0.4 is 5.32 Å². The second-order valence-electron chi connectivity index (χ2n) is 2.52. The van der Waals surface area contributed by atoms with E-state index >= 15 is 0 Å². The van der Waals surface area contributed by atoms with Crippen molar-refractivity contribution in [2.24, 2.45) is 0 Å². The summed E-state index contributed by atoms with van der Waals surface area (Å²) in [6.45, 7) is 5.12. The molecule has 1 rings (SSSR count). The number of hydrogen-bond donors (Lipinski definition) is 1. The quantitative estimate of drug-likeness (QED) is 0.859. The van der Waals surface area contributed by atoms with Gasteiger partial charge in [0.25, 0.3) is 0 Å². The number of aromatic nitrogens is 1. The van der Waals surface area contributed by atoms with E-state index < -0.39 is 0 Å². The lowest BCUT2D eigenvalue weighted by Crippen LogP contribution is -2.17. The van der Waals surface area contributed by atoms with Crippen molar-refractivity contribution in [1.29, 1.82) is 0 Å². The number of nitrogens with zero attached hydrogens (tertiary/aromatic N) is 1. The summed E-state index contributed by atoms with van der Waals surface area (Å²) >= 11 is 3.27. The van der Waals surface area contributed by atoms with E-state index in [1.54, 1.807) is 12.3 Å². The van der Waals surface area contributed by atoms with Crippen LogP contribution in [0.5, 0.6) is 0 Å². The number of pyridine rings is 1. The largest absolute Gasteiger partial charge is 0.325 e. The topological polar surface area (TPSA) is 42.0 Å². The molecular formula is C9H9BrN2O. The minimum atomic E-state index is -0.144. The van der Waals surface area contributed by atoms with Crippen molar-refractivity contribution >= 4 is 27.5 Å². The van der Waals surface area contributed by atoms with Gasteiger partial charge in [-0.15, -0.1) is 0 Å². The molecule has 1 aromatic heterocycles. The third-order valence-corrected chi connectivity index (χ3v) is 1.83. The smallest absolute Gasteiger partial charge is 0.221 e. The van der Waals surface area contributed by atoms with Crippen molar-refractivity contribution in [1.82, 2.24) is 10.3 Å². The Labute approximate surface area is 85.0 Å².